The van der Waals surface area contributed by atoms with Crippen molar-refractivity contribution < 1.29 is 9.59 Å². The van der Waals surface area contributed by atoms with Crippen LogP contribution in [0.1, 0.15) is 36.1 Å². The molecule has 4 aromatic carbocycles. The summed E-state index contributed by atoms with van der Waals surface area (Å²) in [5.41, 5.74) is 17.8. The summed E-state index contributed by atoms with van der Waals surface area (Å²) in [5, 5.41) is 6.60. The van der Waals surface area contributed by atoms with Gasteiger partial charge in [0, 0.05) is 56.8 Å². The highest BCUT2D eigenvalue weighted by Gasteiger charge is 2.13. The number of hydrogen-bond donors (Lipinski definition) is 4. The van der Waals surface area contributed by atoms with Gasteiger partial charge in [-0.25, -0.2) is 0 Å². The molecular formula is C34H36Cl2N6O2. The molecular weight excluding hydrogens is 595 g/mol. The van der Waals surface area contributed by atoms with Gasteiger partial charge in [-0.15, -0.1) is 0 Å². The van der Waals surface area contributed by atoms with Crippen LogP contribution in [0.5, 0.6) is 0 Å². The zero-order chi connectivity index (χ0) is 31.9. The topological polar surface area (TPSA) is 135 Å². The van der Waals surface area contributed by atoms with Crippen molar-refractivity contribution >= 4 is 57.8 Å². The molecule has 0 aliphatic carbocycles. The zero-order valence-corrected chi connectivity index (χ0v) is 26.2. The maximum atomic E-state index is 11.7. The Morgan fingerprint density at radius 1 is 0.614 bits per heavy atom. The predicted molar refractivity (Wildman–Crippen MR) is 183 cm³/mol. The van der Waals surface area contributed by atoms with Gasteiger partial charge in [0.25, 0.3) is 0 Å². The number of anilines is 2. The SMILES string of the molecule is CCNC(=O)CN=C(c1ccccc1)c1cc(Cl)ccc1N.CCNC(=O)CN=C(c1ccccc1)c1cc(Cl)ccc1N. The number of nitrogens with two attached hydrogens (primary N) is 2. The fourth-order valence-corrected chi connectivity index (χ4v) is 4.48. The van der Waals surface area contributed by atoms with Gasteiger partial charge in [-0.3, -0.25) is 19.6 Å². The average molecular weight is 632 g/mol. The molecule has 0 atom stereocenters. The Hall–Kier alpha value is -4.66. The number of nitrogens with zero attached hydrogens (tertiary/aromatic N) is 2. The van der Waals surface area contributed by atoms with E-state index in [1.165, 1.54) is 0 Å². The van der Waals surface area contributed by atoms with Crippen LogP contribution in [0.3, 0.4) is 0 Å². The van der Waals surface area contributed by atoms with Gasteiger partial charge in [0.2, 0.25) is 11.8 Å². The Morgan fingerprint density at radius 3 is 1.32 bits per heavy atom. The normalized spacial score (nSPS) is 11.3. The van der Waals surface area contributed by atoms with E-state index in [1.54, 1.807) is 36.4 Å². The zero-order valence-electron chi connectivity index (χ0n) is 24.7. The number of aliphatic imine (C=N–C) groups is 2. The first-order valence-electron chi connectivity index (χ1n) is 14.1. The molecule has 228 valence electrons. The van der Waals surface area contributed by atoms with Crippen LogP contribution in [-0.2, 0) is 9.59 Å². The standard InChI is InChI=1S/2C17H18ClN3O/c2*1-2-20-16(22)11-21-17(12-6-4-3-5-7-12)14-10-13(18)8-9-15(14)19/h2*3-10H,2,11,19H2,1H3,(H,20,22). The van der Waals surface area contributed by atoms with Crippen molar-refractivity contribution in [3.8, 4) is 0 Å². The molecule has 2 amide bonds. The van der Waals surface area contributed by atoms with Crippen LogP contribution in [0.4, 0.5) is 11.4 Å². The number of halogens is 2. The van der Waals surface area contributed by atoms with E-state index in [4.69, 9.17) is 34.7 Å². The van der Waals surface area contributed by atoms with Gasteiger partial charge in [0.05, 0.1) is 11.4 Å². The van der Waals surface area contributed by atoms with E-state index in [0.717, 1.165) is 22.3 Å². The highest BCUT2D eigenvalue weighted by Crippen LogP contribution is 2.23. The molecule has 0 unspecified atom stereocenters. The number of likely N-dealkylation sites (N-methyl/N-ethyl adjacent to an activating group) is 2. The molecule has 0 heterocycles. The molecule has 0 radical (unpaired) electrons. The van der Waals surface area contributed by atoms with Crippen LogP contribution in [0.25, 0.3) is 0 Å². The van der Waals surface area contributed by atoms with E-state index in [2.05, 4.69) is 20.6 Å². The van der Waals surface area contributed by atoms with Crippen molar-refractivity contribution in [3.63, 3.8) is 0 Å². The Bertz CT molecular complexity index is 1490. The summed E-state index contributed by atoms with van der Waals surface area (Å²) in [6.45, 7) is 4.99. The molecule has 10 heteroatoms. The minimum absolute atomic E-state index is 0.0457. The molecule has 8 nitrogen and oxygen atoms in total. The Kier molecular flexibility index (Phi) is 13.4. The summed E-state index contributed by atoms with van der Waals surface area (Å²) in [5.74, 6) is -0.256. The molecule has 0 fully saturated rings. The lowest BCUT2D eigenvalue weighted by molar-refractivity contribution is -0.120. The van der Waals surface area contributed by atoms with Gasteiger partial charge in [-0.1, -0.05) is 83.9 Å². The molecule has 0 aromatic heterocycles. The summed E-state index contributed by atoms with van der Waals surface area (Å²) >= 11 is 12.1. The summed E-state index contributed by atoms with van der Waals surface area (Å²) in [4.78, 5) is 32.3. The maximum absolute atomic E-state index is 11.7. The van der Waals surface area contributed by atoms with E-state index in [-0.39, 0.29) is 24.9 Å². The van der Waals surface area contributed by atoms with E-state index >= 15 is 0 Å². The molecule has 6 N–H and O–H groups in total. The summed E-state index contributed by atoms with van der Waals surface area (Å²) < 4.78 is 0. The van der Waals surface area contributed by atoms with Gasteiger partial charge < -0.3 is 22.1 Å². The van der Waals surface area contributed by atoms with Crippen molar-refractivity contribution in [2.24, 2.45) is 9.98 Å². The molecule has 0 bridgehead atoms. The number of nitrogens with one attached hydrogen (secondary N) is 2. The summed E-state index contributed by atoms with van der Waals surface area (Å²) in [6, 6.07) is 29.7. The number of nitrogen functional groups attached to an aromatic ring is 2. The van der Waals surface area contributed by atoms with E-state index in [1.807, 2.05) is 74.5 Å². The van der Waals surface area contributed by atoms with Crippen LogP contribution in [0.15, 0.2) is 107 Å². The van der Waals surface area contributed by atoms with Crippen LogP contribution in [-0.4, -0.2) is 49.4 Å². The fourth-order valence-electron chi connectivity index (χ4n) is 4.13. The first-order chi connectivity index (χ1) is 21.2. The highest BCUT2D eigenvalue weighted by molar-refractivity contribution is 6.32. The molecule has 4 aromatic rings. The second kappa shape index (κ2) is 17.5. The van der Waals surface area contributed by atoms with Crippen molar-refractivity contribution in [1.82, 2.24) is 10.6 Å². The molecule has 44 heavy (non-hydrogen) atoms. The largest absolute Gasteiger partial charge is 0.398 e. The van der Waals surface area contributed by atoms with Crippen molar-refractivity contribution in [2.75, 3.05) is 37.6 Å². The number of benzene rings is 4. The second-order valence-corrected chi connectivity index (χ2v) is 10.3. The molecule has 0 aliphatic rings. The lowest BCUT2D eigenvalue weighted by atomic mass is 10.0. The first-order valence-corrected chi connectivity index (χ1v) is 14.8. The third-order valence-electron chi connectivity index (χ3n) is 6.14. The van der Waals surface area contributed by atoms with Crippen LogP contribution in [0, 0.1) is 0 Å². The van der Waals surface area contributed by atoms with Crippen LogP contribution < -0.4 is 22.1 Å². The third-order valence-corrected chi connectivity index (χ3v) is 6.62. The molecule has 4 rings (SSSR count). The van der Waals surface area contributed by atoms with Gasteiger partial charge in [0.15, 0.2) is 0 Å². The summed E-state index contributed by atoms with van der Waals surface area (Å²) in [7, 11) is 0. The predicted octanol–water partition coefficient (Wildman–Crippen LogP) is 5.79. The lowest BCUT2D eigenvalue weighted by Crippen LogP contribution is -2.25. The van der Waals surface area contributed by atoms with E-state index < -0.39 is 0 Å². The summed E-state index contributed by atoms with van der Waals surface area (Å²) in [6.07, 6.45) is 0. The van der Waals surface area contributed by atoms with Crippen LogP contribution in [0.2, 0.25) is 10.0 Å². The Labute approximate surface area is 268 Å². The van der Waals surface area contributed by atoms with Crippen molar-refractivity contribution in [3.05, 3.63) is 129 Å². The third kappa shape index (κ3) is 10.3. The van der Waals surface area contributed by atoms with Gasteiger partial charge in [-0.05, 0) is 50.2 Å². The fraction of sp³-hybridized carbons (Fsp3) is 0.176. The van der Waals surface area contributed by atoms with Gasteiger partial charge >= 0.3 is 0 Å². The number of hydrogen-bond acceptors (Lipinski definition) is 6. The van der Waals surface area contributed by atoms with E-state index in [9.17, 15) is 9.59 Å². The smallest absolute Gasteiger partial charge is 0.241 e. The van der Waals surface area contributed by atoms with Gasteiger partial charge in [0.1, 0.15) is 13.1 Å². The van der Waals surface area contributed by atoms with Crippen molar-refractivity contribution in [2.45, 2.75) is 13.8 Å². The first kappa shape index (κ1) is 33.8. The Balaban J connectivity index is 0.000000240. The van der Waals surface area contributed by atoms with Gasteiger partial charge in [-0.2, -0.15) is 0 Å². The highest BCUT2D eigenvalue weighted by atomic mass is 35.5. The molecule has 0 saturated heterocycles. The quantitative estimate of drug-likeness (QED) is 0.130. The average Bonchev–Trinajstić information content (AvgIpc) is 3.02. The Morgan fingerprint density at radius 2 is 0.977 bits per heavy atom. The lowest BCUT2D eigenvalue weighted by Gasteiger charge is -2.11. The number of amides is 2. The second-order valence-electron chi connectivity index (χ2n) is 9.43. The minimum atomic E-state index is -0.128. The van der Waals surface area contributed by atoms with E-state index in [0.29, 0.717) is 45.9 Å². The number of carbonyl (C=O) groups excluding carboxylic acids is 2. The van der Waals surface area contributed by atoms with Crippen LogP contribution >= 0.6 is 23.2 Å². The molecule has 0 aliphatic heterocycles. The number of carbonyl (C=O) groups is 2. The molecule has 0 spiro atoms. The monoisotopic (exact) mass is 630 g/mol. The minimum Gasteiger partial charge on any atom is -0.398 e. The van der Waals surface area contributed by atoms with Crippen molar-refractivity contribution in [1.29, 1.82) is 0 Å². The molecule has 0 saturated carbocycles. The number of rotatable bonds is 10. The maximum Gasteiger partial charge on any atom is 0.241 e.